The molecule has 0 bridgehead atoms. The molecular weight excluding hydrogens is 342 g/mol. The van der Waals surface area contributed by atoms with Crippen LogP contribution in [0.15, 0.2) is 83.2 Å². The van der Waals surface area contributed by atoms with Crippen LogP contribution in [-0.2, 0) is 0 Å². The fraction of sp³-hybridized carbons (Fsp3) is 0.143. The van der Waals surface area contributed by atoms with Crippen LogP contribution in [0.3, 0.4) is 0 Å². The molecule has 2 aromatic carbocycles. The lowest BCUT2D eigenvalue weighted by Crippen LogP contribution is -2.10. The quantitative estimate of drug-likeness (QED) is 0.447. The van der Waals surface area contributed by atoms with Gasteiger partial charge in [0.15, 0.2) is 17.6 Å². The molecule has 6 heteroatoms. The number of carbonyl (C=O) groups is 1. The van der Waals surface area contributed by atoms with Crippen LogP contribution in [0.25, 0.3) is 0 Å². The average molecular weight is 361 g/mol. The normalized spacial score (nSPS) is 11.9. The maximum absolute atomic E-state index is 13.1. The number of hydrogen-bond donors (Lipinski definition) is 0. The van der Waals surface area contributed by atoms with Crippen molar-refractivity contribution in [3.8, 4) is 11.5 Å². The summed E-state index contributed by atoms with van der Waals surface area (Å²) in [4.78, 5) is 17.2. The van der Waals surface area contributed by atoms with Gasteiger partial charge in [-0.25, -0.2) is 4.98 Å². The van der Waals surface area contributed by atoms with Gasteiger partial charge in [-0.15, -0.1) is 5.11 Å². The number of pyridine rings is 1. The fourth-order valence-electron chi connectivity index (χ4n) is 2.50. The Morgan fingerprint density at radius 2 is 1.52 bits per heavy atom. The average Bonchev–Trinajstić information content (AvgIpc) is 2.75. The summed E-state index contributed by atoms with van der Waals surface area (Å²) in [5, 5.41) is 8.42. The van der Waals surface area contributed by atoms with Crippen LogP contribution in [0, 0.1) is 0 Å². The van der Waals surface area contributed by atoms with Gasteiger partial charge in [-0.05, 0) is 54.1 Å². The third-order valence-electron chi connectivity index (χ3n) is 3.98. The Labute approximate surface area is 157 Å². The third kappa shape index (κ3) is 4.55. The van der Waals surface area contributed by atoms with E-state index in [2.05, 4.69) is 15.2 Å². The first kappa shape index (κ1) is 18.3. The number of ether oxygens (including phenoxy) is 2. The molecular formula is C21H19N3O3. The molecule has 0 amide bonds. The molecule has 0 fully saturated rings. The minimum absolute atomic E-state index is 0.164. The maximum Gasteiger partial charge on any atom is 0.193 e. The smallest absolute Gasteiger partial charge is 0.193 e. The summed E-state index contributed by atoms with van der Waals surface area (Å²) in [7, 11) is 3.17. The number of benzene rings is 2. The summed E-state index contributed by atoms with van der Waals surface area (Å²) in [6.45, 7) is 0. The molecule has 3 aromatic rings. The van der Waals surface area contributed by atoms with Crippen molar-refractivity contribution >= 4 is 11.6 Å². The van der Waals surface area contributed by atoms with E-state index >= 15 is 0 Å². The van der Waals surface area contributed by atoms with Gasteiger partial charge in [-0.3, -0.25) is 4.79 Å². The largest absolute Gasteiger partial charge is 0.497 e. The van der Waals surface area contributed by atoms with Gasteiger partial charge >= 0.3 is 0 Å². The van der Waals surface area contributed by atoms with Crippen LogP contribution in [0.4, 0.5) is 5.82 Å². The molecule has 0 saturated carbocycles. The lowest BCUT2D eigenvalue weighted by atomic mass is 9.98. The molecule has 0 spiro atoms. The van der Waals surface area contributed by atoms with E-state index in [0.717, 1.165) is 5.56 Å². The first-order chi connectivity index (χ1) is 13.2. The van der Waals surface area contributed by atoms with Gasteiger partial charge < -0.3 is 9.47 Å². The van der Waals surface area contributed by atoms with E-state index in [0.29, 0.717) is 22.9 Å². The molecule has 0 aliphatic heterocycles. The lowest BCUT2D eigenvalue weighted by Gasteiger charge is -2.12. The standard InChI is InChI=1S/C21H19N3O3/c1-26-17-10-6-15(7-11-17)20(24-23-19-5-3-4-14-22-19)21(25)16-8-12-18(27-2)13-9-16/h3-14,20H,1-2H3. The molecule has 3 rings (SSSR count). The summed E-state index contributed by atoms with van der Waals surface area (Å²) >= 11 is 0. The van der Waals surface area contributed by atoms with Crippen LogP contribution in [0.5, 0.6) is 11.5 Å². The third-order valence-corrected chi connectivity index (χ3v) is 3.98. The number of azo groups is 1. The van der Waals surface area contributed by atoms with Crippen molar-refractivity contribution in [3.63, 3.8) is 0 Å². The van der Waals surface area contributed by atoms with Crippen molar-refractivity contribution in [2.75, 3.05) is 14.2 Å². The topological polar surface area (TPSA) is 73.1 Å². The Hall–Kier alpha value is -3.54. The minimum atomic E-state index is -0.786. The number of ketones is 1. The molecule has 1 heterocycles. The second-order valence-corrected chi connectivity index (χ2v) is 5.67. The fourth-order valence-corrected chi connectivity index (χ4v) is 2.50. The van der Waals surface area contributed by atoms with E-state index in [1.807, 2.05) is 18.2 Å². The van der Waals surface area contributed by atoms with E-state index in [9.17, 15) is 4.79 Å². The van der Waals surface area contributed by atoms with Crippen molar-refractivity contribution in [2.45, 2.75) is 6.04 Å². The van der Waals surface area contributed by atoms with Crippen molar-refractivity contribution in [2.24, 2.45) is 10.2 Å². The summed E-state index contributed by atoms with van der Waals surface area (Å²) in [6.07, 6.45) is 1.63. The number of aromatic nitrogens is 1. The van der Waals surface area contributed by atoms with Crippen LogP contribution in [0.2, 0.25) is 0 Å². The highest BCUT2D eigenvalue weighted by Crippen LogP contribution is 2.27. The SMILES string of the molecule is COc1ccc(C(=O)C(N=Nc2ccccn2)c2ccc(OC)cc2)cc1. The van der Waals surface area contributed by atoms with Gasteiger partial charge in [0, 0.05) is 11.8 Å². The molecule has 0 N–H and O–H groups in total. The molecule has 0 aliphatic carbocycles. The number of methoxy groups -OCH3 is 2. The van der Waals surface area contributed by atoms with Crippen LogP contribution >= 0.6 is 0 Å². The Kier molecular flexibility index (Phi) is 5.89. The zero-order valence-corrected chi connectivity index (χ0v) is 15.1. The number of rotatable bonds is 7. The Morgan fingerprint density at radius 3 is 2.07 bits per heavy atom. The van der Waals surface area contributed by atoms with Crippen molar-refractivity contribution < 1.29 is 14.3 Å². The van der Waals surface area contributed by atoms with Crippen LogP contribution < -0.4 is 9.47 Å². The Balaban J connectivity index is 1.94. The second-order valence-electron chi connectivity index (χ2n) is 5.67. The number of carbonyl (C=O) groups excluding carboxylic acids is 1. The predicted octanol–water partition coefficient (Wildman–Crippen LogP) is 4.81. The van der Waals surface area contributed by atoms with Gasteiger partial charge in [0.05, 0.1) is 14.2 Å². The molecule has 27 heavy (non-hydrogen) atoms. The maximum atomic E-state index is 13.1. The van der Waals surface area contributed by atoms with Crippen LogP contribution in [-0.4, -0.2) is 25.0 Å². The Morgan fingerprint density at radius 1 is 0.889 bits per heavy atom. The zero-order valence-electron chi connectivity index (χ0n) is 15.1. The van der Waals surface area contributed by atoms with E-state index in [1.165, 1.54) is 0 Å². The molecule has 1 unspecified atom stereocenters. The van der Waals surface area contributed by atoms with E-state index < -0.39 is 6.04 Å². The highest BCUT2D eigenvalue weighted by Gasteiger charge is 2.22. The summed E-state index contributed by atoms with van der Waals surface area (Å²) in [5.41, 5.74) is 1.24. The number of hydrogen-bond acceptors (Lipinski definition) is 6. The first-order valence-corrected chi connectivity index (χ1v) is 8.35. The molecule has 0 radical (unpaired) electrons. The summed E-state index contributed by atoms with van der Waals surface area (Å²) in [6, 6.07) is 18.7. The predicted molar refractivity (Wildman–Crippen MR) is 102 cm³/mol. The van der Waals surface area contributed by atoms with Gasteiger partial charge in [0.2, 0.25) is 0 Å². The van der Waals surface area contributed by atoms with Gasteiger partial charge in [0.1, 0.15) is 11.5 Å². The van der Waals surface area contributed by atoms with Gasteiger partial charge in [0.25, 0.3) is 0 Å². The second kappa shape index (κ2) is 8.71. The molecule has 136 valence electrons. The van der Waals surface area contributed by atoms with Crippen LogP contribution in [0.1, 0.15) is 22.0 Å². The number of nitrogens with zero attached hydrogens (tertiary/aromatic N) is 3. The summed E-state index contributed by atoms with van der Waals surface area (Å²) < 4.78 is 10.3. The molecule has 1 atom stereocenters. The van der Waals surface area contributed by atoms with E-state index in [1.54, 1.807) is 68.9 Å². The molecule has 6 nitrogen and oxygen atoms in total. The molecule has 0 saturated heterocycles. The van der Waals surface area contributed by atoms with Gasteiger partial charge in [-0.2, -0.15) is 5.11 Å². The summed E-state index contributed by atoms with van der Waals surface area (Å²) in [5.74, 6) is 1.67. The van der Waals surface area contributed by atoms with Crippen molar-refractivity contribution in [3.05, 3.63) is 84.1 Å². The minimum Gasteiger partial charge on any atom is -0.497 e. The molecule has 0 aliphatic rings. The highest BCUT2D eigenvalue weighted by molar-refractivity contribution is 6.00. The molecule has 1 aromatic heterocycles. The van der Waals surface area contributed by atoms with Crippen molar-refractivity contribution in [1.82, 2.24) is 4.98 Å². The van der Waals surface area contributed by atoms with Crippen molar-refractivity contribution in [1.29, 1.82) is 0 Å². The van der Waals surface area contributed by atoms with E-state index in [-0.39, 0.29) is 5.78 Å². The van der Waals surface area contributed by atoms with E-state index in [4.69, 9.17) is 9.47 Å². The zero-order chi connectivity index (χ0) is 19.1. The first-order valence-electron chi connectivity index (χ1n) is 8.35. The monoisotopic (exact) mass is 361 g/mol. The van der Waals surface area contributed by atoms with Gasteiger partial charge in [-0.1, -0.05) is 18.2 Å². The Bertz CT molecular complexity index is 908. The lowest BCUT2D eigenvalue weighted by molar-refractivity contribution is 0.0959. The number of Topliss-reactive ketones (excluding diaryl/α,β-unsaturated/α-hetero) is 1. The highest BCUT2D eigenvalue weighted by atomic mass is 16.5.